The maximum absolute atomic E-state index is 11.9. The Bertz CT molecular complexity index is 658. The second-order valence-electron chi connectivity index (χ2n) is 5.23. The molecule has 104 valence electrons. The van der Waals surface area contributed by atoms with E-state index in [0.717, 1.165) is 24.2 Å². The van der Waals surface area contributed by atoms with Crippen LogP contribution in [-0.4, -0.2) is 20.8 Å². The Hall–Kier alpha value is -1.97. The number of carbonyl (C=O) groups excluding carboxylic acids is 1. The van der Waals surface area contributed by atoms with Gasteiger partial charge >= 0.3 is 0 Å². The molecule has 0 fully saturated rings. The van der Waals surface area contributed by atoms with Crippen LogP contribution in [0.25, 0.3) is 5.69 Å². The van der Waals surface area contributed by atoms with Crippen LogP contribution in [-0.2, 0) is 19.3 Å². The van der Waals surface area contributed by atoms with Crippen LogP contribution < -0.4 is 0 Å². The van der Waals surface area contributed by atoms with E-state index in [1.807, 2.05) is 18.5 Å². The van der Waals surface area contributed by atoms with E-state index in [1.165, 1.54) is 24.0 Å². The van der Waals surface area contributed by atoms with E-state index in [9.17, 15) is 4.79 Å². The zero-order chi connectivity index (χ0) is 14.1. The minimum Gasteiger partial charge on any atom is -0.292 e. The van der Waals surface area contributed by atoms with Crippen molar-refractivity contribution in [3.8, 4) is 5.69 Å². The molecular formula is C16H19N3O. The molecule has 0 saturated heterocycles. The van der Waals surface area contributed by atoms with E-state index < -0.39 is 0 Å². The molecule has 0 bridgehead atoms. The quantitative estimate of drug-likeness (QED) is 0.802. The van der Waals surface area contributed by atoms with Gasteiger partial charge in [-0.05, 0) is 48.9 Å². The van der Waals surface area contributed by atoms with E-state index in [-0.39, 0.29) is 5.78 Å². The second-order valence-corrected chi connectivity index (χ2v) is 5.23. The molecule has 1 aromatic carbocycles. The van der Waals surface area contributed by atoms with Gasteiger partial charge in [0.05, 0.1) is 11.4 Å². The number of rotatable bonds is 4. The summed E-state index contributed by atoms with van der Waals surface area (Å²) in [6, 6.07) is 6.45. The van der Waals surface area contributed by atoms with E-state index >= 15 is 0 Å². The molecule has 1 heterocycles. The maximum atomic E-state index is 11.9. The summed E-state index contributed by atoms with van der Waals surface area (Å²) in [4.78, 5) is 11.9. The van der Waals surface area contributed by atoms with Gasteiger partial charge in [-0.25, -0.2) is 4.68 Å². The Morgan fingerprint density at radius 3 is 2.80 bits per heavy atom. The predicted octanol–water partition coefficient (Wildman–Crippen LogP) is 2.91. The van der Waals surface area contributed by atoms with Crippen molar-refractivity contribution in [3.05, 3.63) is 40.7 Å². The van der Waals surface area contributed by atoms with Crippen molar-refractivity contribution in [1.29, 1.82) is 0 Å². The molecule has 4 heteroatoms. The highest BCUT2D eigenvalue weighted by Gasteiger charge is 2.19. The minimum atomic E-state index is 0.0641. The number of nitrogens with zero attached hydrogens (tertiary/aromatic N) is 3. The Kier molecular flexibility index (Phi) is 3.38. The molecule has 0 radical (unpaired) electrons. The molecule has 1 aliphatic rings. The van der Waals surface area contributed by atoms with E-state index in [1.54, 1.807) is 0 Å². The first kappa shape index (κ1) is 13.0. The summed E-state index contributed by atoms with van der Waals surface area (Å²) in [5.41, 5.74) is 5.30. The van der Waals surface area contributed by atoms with Gasteiger partial charge in [0, 0.05) is 6.42 Å². The van der Waals surface area contributed by atoms with E-state index in [0.29, 0.717) is 12.1 Å². The predicted molar refractivity (Wildman–Crippen MR) is 77.4 cm³/mol. The third-order valence-electron chi connectivity index (χ3n) is 4.01. The smallest absolute Gasteiger partial charge is 0.184 e. The van der Waals surface area contributed by atoms with Gasteiger partial charge in [-0.2, -0.15) is 0 Å². The number of fused-ring (bicyclic) bond motifs is 1. The largest absolute Gasteiger partial charge is 0.292 e. The minimum absolute atomic E-state index is 0.0641. The number of aromatic nitrogens is 3. The maximum Gasteiger partial charge on any atom is 0.184 e. The third kappa shape index (κ3) is 2.05. The summed E-state index contributed by atoms with van der Waals surface area (Å²) < 4.78 is 1.82. The van der Waals surface area contributed by atoms with Crippen LogP contribution in [0.15, 0.2) is 18.2 Å². The molecule has 1 aliphatic carbocycles. The van der Waals surface area contributed by atoms with Gasteiger partial charge in [0.15, 0.2) is 11.5 Å². The Labute approximate surface area is 118 Å². The fraction of sp³-hybridized carbons (Fsp3) is 0.438. The van der Waals surface area contributed by atoms with Crippen molar-refractivity contribution in [2.75, 3.05) is 0 Å². The van der Waals surface area contributed by atoms with E-state index in [4.69, 9.17) is 0 Å². The zero-order valence-corrected chi connectivity index (χ0v) is 12.0. The fourth-order valence-corrected chi connectivity index (χ4v) is 2.90. The fourth-order valence-electron chi connectivity index (χ4n) is 2.90. The monoisotopic (exact) mass is 269 g/mol. The molecule has 0 atom stereocenters. The number of carbonyl (C=O) groups is 1. The van der Waals surface area contributed by atoms with Crippen LogP contribution in [0, 0.1) is 0 Å². The number of hydrogen-bond acceptors (Lipinski definition) is 3. The molecule has 0 N–H and O–H groups in total. The Morgan fingerprint density at radius 1 is 1.25 bits per heavy atom. The molecule has 0 spiro atoms. The van der Waals surface area contributed by atoms with Crippen molar-refractivity contribution in [2.24, 2.45) is 0 Å². The molecule has 0 unspecified atom stereocenters. The molecule has 0 saturated carbocycles. The molecular weight excluding hydrogens is 250 g/mol. The van der Waals surface area contributed by atoms with Crippen molar-refractivity contribution < 1.29 is 4.79 Å². The standard InChI is InChI=1S/C16H19N3O/c1-3-14-16(15(20)4-2)17-18-19(14)13-9-8-11-6-5-7-12(11)10-13/h8-10H,3-7H2,1-2H3. The van der Waals surface area contributed by atoms with Crippen LogP contribution in [0.2, 0.25) is 0 Å². The molecule has 0 amide bonds. The lowest BCUT2D eigenvalue weighted by Gasteiger charge is -2.08. The number of benzene rings is 1. The summed E-state index contributed by atoms with van der Waals surface area (Å²) in [5, 5.41) is 8.29. The third-order valence-corrected chi connectivity index (χ3v) is 4.01. The van der Waals surface area contributed by atoms with Crippen molar-refractivity contribution in [1.82, 2.24) is 15.0 Å². The van der Waals surface area contributed by atoms with Crippen LogP contribution in [0.4, 0.5) is 0 Å². The van der Waals surface area contributed by atoms with Gasteiger partial charge in [-0.3, -0.25) is 4.79 Å². The van der Waals surface area contributed by atoms with Crippen molar-refractivity contribution in [2.45, 2.75) is 46.0 Å². The van der Waals surface area contributed by atoms with E-state index in [2.05, 4.69) is 28.5 Å². The van der Waals surface area contributed by atoms with Gasteiger partial charge in [-0.15, -0.1) is 5.10 Å². The first-order valence-electron chi connectivity index (χ1n) is 7.34. The number of ketones is 1. The first-order chi connectivity index (χ1) is 9.74. The van der Waals surface area contributed by atoms with Crippen LogP contribution in [0.1, 0.15) is 54.0 Å². The average Bonchev–Trinajstić information content (AvgIpc) is 3.11. The van der Waals surface area contributed by atoms with Crippen molar-refractivity contribution in [3.63, 3.8) is 0 Å². The molecule has 4 nitrogen and oxygen atoms in total. The molecule has 0 aliphatic heterocycles. The van der Waals surface area contributed by atoms with Gasteiger partial charge < -0.3 is 0 Å². The lowest BCUT2D eigenvalue weighted by atomic mass is 10.1. The zero-order valence-electron chi connectivity index (χ0n) is 12.0. The molecule has 20 heavy (non-hydrogen) atoms. The number of aryl methyl sites for hydroxylation is 2. The summed E-state index contributed by atoms with van der Waals surface area (Å²) in [5.74, 6) is 0.0641. The lowest BCUT2D eigenvalue weighted by Crippen LogP contribution is -2.06. The molecule has 3 rings (SSSR count). The van der Waals surface area contributed by atoms with Gasteiger partial charge in [-0.1, -0.05) is 25.1 Å². The van der Waals surface area contributed by atoms with Crippen molar-refractivity contribution >= 4 is 5.78 Å². The topological polar surface area (TPSA) is 47.8 Å². The summed E-state index contributed by atoms with van der Waals surface area (Å²) >= 11 is 0. The Balaban J connectivity index is 2.06. The highest BCUT2D eigenvalue weighted by molar-refractivity contribution is 5.95. The molecule has 1 aromatic heterocycles. The summed E-state index contributed by atoms with van der Waals surface area (Å²) in [6.07, 6.45) is 4.77. The van der Waals surface area contributed by atoms with Crippen LogP contribution in [0.5, 0.6) is 0 Å². The number of Topliss-reactive ketones (excluding diaryl/α,β-unsaturated/α-hetero) is 1. The van der Waals surface area contributed by atoms with Gasteiger partial charge in [0.25, 0.3) is 0 Å². The van der Waals surface area contributed by atoms with Gasteiger partial charge in [0.2, 0.25) is 0 Å². The van der Waals surface area contributed by atoms with Crippen LogP contribution in [0.3, 0.4) is 0 Å². The van der Waals surface area contributed by atoms with Crippen LogP contribution >= 0.6 is 0 Å². The molecule has 2 aromatic rings. The summed E-state index contributed by atoms with van der Waals surface area (Å²) in [7, 11) is 0. The normalized spacial score (nSPS) is 13.5. The highest BCUT2D eigenvalue weighted by atomic mass is 16.1. The number of hydrogen-bond donors (Lipinski definition) is 0. The average molecular weight is 269 g/mol. The SMILES string of the molecule is CCC(=O)c1nnn(-c2ccc3c(c2)CCC3)c1CC. The lowest BCUT2D eigenvalue weighted by molar-refractivity contribution is 0.0982. The second kappa shape index (κ2) is 5.19. The Morgan fingerprint density at radius 2 is 2.05 bits per heavy atom. The summed E-state index contributed by atoms with van der Waals surface area (Å²) in [6.45, 7) is 3.89. The van der Waals surface area contributed by atoms with Gasteiger partial charge in [0.1, 0.15) is 0 Å². The first-order valence-corrected chi connectivity index (χ1v) is 7.34. The highest BCUT2D eigenvalue weighted by Crippen LogP contribution is 2.25.